The molecule has 22 heavy (non-hydrogen) atoms. The first-order chi connectivity index (χ1) is 8.42. The number of carboxylic acids is 4. The number of hydrogen-bond donors (Lipinski definition) is 0. The van der Waals surface area contributed by atoms with Crippen LogP contribution in [0, 0.1) is 0 Å². The van der Waals surface area contributed by atoms with Crippen LogP contribution in [0.25, 0.3) is 0 Å². The van der Waals surface area contributed by atoms with Crippen molar-refractivity contribution in [1.29, 1.82) is 0 Å². The fraction of sp³-hybridized carbons (Fsp3) is 0.556. The molecule has 10 nitrogen and oxygen atoms in total. The van der Waals surface area contributed by atoms with E-state index in [9.17, 15) is 49.8 Å². The molecule has 0 spiro atoms. The van der Waals surface area contributed by atoms with Gasteiger partial charge in [0.25, 0.3) is 0 Å². The molecule has 0 aliphatic rings. The van der Waals surface area contributed by atoms with Crippen LogP contribution in [0.1, 0.15) is 19.8 Å². The molecule has 110 valence electrons. The molecule has 0 saturated heterocycles. The van der Waals surface area contributed by atoms with Gasteiger partial charge in [-0.05, 0) is 12.8 Å². The van der Waals surface area contributed by atoms with Gasteiger partial charge in [-0.1, -0.05) is 18.6 Å². The summed E-state index contributed by atoms with van der Waals surface area (Å²) in [5, 5.41) is 59.6. The van der Waals surface area contributed by atoms with E-state index >= 15 is 0 Å². The molecule has 0 fully saturated rings. The van der Waals surface area contributed by atoms with Crippen molar-refractivity contribution < 1.29 is 153 Å². The molecule has 0 unspecified atom stereocenters. The first kappa shape index (κ1) is 34.9. The summed E-state index contributed by atoms with van der Waals surface area (Å²) in [5.74, 6) is -7.77. The number of carboxylic acid groups (broad SMARTS) is 4. The first-order valence-corrected chi connectivity index (χ1v) is 4.60. The largest absolute Gasteiger partial charge is 4.00 e. The molecule has 0 saturated carbocycles. The maximum atomic E-state index is 10.9. The van der Waals surface area contributed by atoms with Crippen molar-refractivity contribution in [3.8, 4) is 0 Å². The maximum Gasteiger partial charge on any atom is 4.00 e. The molecule has 0 aromatic carbocycles. The number of carbonyl (C=O) groups excluding carboxylic acids is 4. The van der Waals surface area contributed by atoms with Gasteiger partial charge in [0.15, 0.2) is 0 Å². The summed E-state index contributed by atoms with van der Waals surface area (Å²) in [7, 11) is 0. The topological polar surface area (TPSA) is 207 Å². The Morgan fingerprint density at radius 1 is 0.909 bits per heavy atom. The second-order valence-corrected chi connectivity index (χ2v) is 3.34. The summed E-state index contributed by atoms with van der Waals surface area (Å²) in [5.41, 5.74) is -3.22. The summed E-state index contributed by atoms with van der Waals surface area (Å²) in [6, 6.07) is 0. The zero-order valence-corrected chi connectivity index (χ0v) is 20.4. The average Bonchev–Trinajstić information content (AvgIpc) is 2.14. The molecule has 0 rings (SSSR count). The van der Waals surface area contributed by atoms with Gasteiger partial charge in [0.05, 0.1) is 0 Å². The molecule has 0 N–H and O–H groups in total. The molecule has 1 atom stereocenters. The maximum absolute atomic E-state index is 10.9. The molecular weight excluding hydrogens is 419 g/mol. The van der Waals surface area contributed by atoms with Gasteiger partial charge >= 0.3 is 120 Å². The van der Waals surface area contributed by atoms with Crippen LogP contribution in [-0.2, 0) is 19.2 Å². The van der Waals surface area contributed by atoms with E-state index in [2.05, 4.69) is 0 Å². The van der Waals surface area contributed by atoms with Gasteiger partial charge in [-0.3, -0.25) is 0 Å². The quantitative estimate of drug-likeness (QED) is 0.366. The van der Waals surface area contributed by atoms with E-state index in [1.165, 1.54) is 0 Å². The van der Waals surface area contributed by atoms with Gasteiger partial charge < -0.3 is 49.8 Å². The molecule has 0 amide bonds. The Morgan fingerprint density at radius 2 is 1.14 bits per heavy atom. The third-order valence-corrected chi connectivity index (χ3v) is 1.56. The molecule has 13 heteroatoms. The standard InChI is InChI=1S/C6H7O7.C3H5O3.Ge.2K/c7-3(8)1-6(13,5(11)12)2-4(9)10;1-2(4)3(5)6;;;/h1-2H2,(H,7,8)(H,9,10)(H,11,12);2H,1H3,(H,5,6);;;/q2*-1;+4;2*+1/p-4/t;2-;;;/m.0.../s1. The zero-order chi connectivity index (χ0) is 15.8. The summed E-state index contributed by atoms with van der Waals surface area (Å²) >= 11 is 0. The fourth-order valence-electron chi connectivity index (χ4n) is 0.673. The summed E-state index contributed by atoms with van der Waals surface area (Å²) in [6.07, 6.45) is -4.53. The summed E-state index contributed by atoms with van der Waals surface area (Å²) in [6.45, 7) is 1.02. The van der Waals surface area contributed by atoms with Crippen molar-refractivity contribution >= 4 is 41.5 Å². The molecule has 0 aromatic heterocycles. The Morgan fingerprint density at radius 3 is 1.23 bits per heavy atom. The van der Waals surface area contributed by atoms with Crippen molar-refractivity contribution in [3.05, 3.63) is 0 Å². The van der Waals surface area contributed by atoms with E-state index in [1.54, 1.807) is 0 Å². The van der Waals surface area contributed by atoms with Crippen LogP contribution in [0.15, 0.2) is 0 Å². The van der Waals surface area contributed by atoms with Crippen molar-refractivity contribution in [2.45, 2.75) is 31.5 Å². The molecule has 0 heterocycles. The van der Waals surface area contributed by atoms with Gasteiger partial charge in [0.2, 0.25) is 0 Å². The molecular formula is C9H8GeK2O10. The van der Waals surface area contributed by atoms with Crippen LogP contribution in [0.5, 0.6) is 0 Å². The second kappa shape index (κ2) is 17.4. The van der Waals surface area contributed by atoms with E-state index in [0.717, 1.165) is 6.92 Å². The first-order valence-electron chi connectivity index (χ1n) is 4.60. The van der Waals surface area contributed by atoms with E-state index in [0.29, 0.717) is 0 Å². The normalized spacial score (nSPS) is 10.1. The second-order valence-electron chi connectivity index (χ2n) is 3.34. The van der Waals surface area contributed by atoms with Crippen LogP contribution in [0.2, 0.25) is 0 Å². The van der Waals surface area contributed by atoms with Gasteiger partial charge in [0.1, 0.15) is 0 Å². The van der Waals surface area contributed by atoms with Crippen molar-refractivity contribution in [1.82, 2.24) is 0 Å². The molecule has 0 aromatic rings. The average molecular weight is 427 g/mol. The van der Waals surface area contributed by atoms with Crippen LogP contribution < -0.4 is 133 Å². The van der Waals surface area contributed by atoms with E-state index < -0.39 is 48.4 Å². The van der Waals surface area contributed by atoms with Crippen LogP contribution >= 0.6 is 0 Å². The predicted octanol–water partition coefficient (Wildman–Crippen LogP) is -14.8. The van der Waals surface area contributed by atoms with E-state index in [1.807, 2.05) is 0 Å². The minimum atomic E-state index is -3.22. The Kier molecular flexibility index (Phi) is 27.6. The Hall–Kier alpha value is 1.62. The van der Waals surface area contributed by atoms with E-state index in [-0.39, 0.29) is 120 Å². The number of carbonyl (C=O) groups is 4. The Balaban J connectivity index is -0.0000000933. The SMILES string of the molecule is C[C@H]([O-])C(=O)[O-].O=C([O-])CC([O-])(CC(=O)[O-])C(=O)[O-].[Ge+4].[K+].[K+]. The Labute approximate surface area is 221 Å². The minimum absolute atomic E-state index is 0. The molecule has 0 aliphatic heterocycles. The predicted molar refractivity (Wildman–Crippen MR) is 47.2 cm³/mol. The zero-order valence-electron chi connectivity index (χ0n) is 12.1. The fourth-order valence-corrected chi connectivity index (χ4v) is 0.673. The Bertz CT molecular complexity index is 357. The third-order valence-electron chi connectivity index (χ3n) is 1.56. The van der Waals surface area contributed by atoms with Crippen molar-refractivity contribution in [2.24, 2.45) is 0 Å². The van der Waals surface area contributed by atoms with E-state index in [4.69, 9.17) is 0 Å². The summed E-state index contributed by atoms with van der Waals surface area (Å²) in [4.78, 5) is 39.1. The molecule has 0 aliphatic carbocycles. The number of aliphatic carboxylic acids is 4. The van der Waals surface area contributed by atoms with Crippen molar-refractivity contribution in [2.75, 3.05) is 0 Å². The number of hydrogen-bond acceptors (Lipinski definition) is 10. The van der Waals surface area contributed by atoms with Gasteiger partial charge in [-0.2, -0.15) is 0 Å². The van der Waals surface area contributed by atoms with Gasteiger partial charge in [-0.25, -0.2) is 0 Å². The molecule has 0 radical (unpaired) electrons. The smallest absolute Gasteiger partial charge is 0.848 e. The van der Waals surface area contributed by atoms with Crippen LogP contribution in [0.4, 0.5) is 0 Å². The minimum Gasteiger partial charge on any atom is -0.848 e. The van der Waals surface area contributed by atoms with Crippen molar-refractivity contribution in [3.63, 3.8) is 0 Å². The summed E-state index contributed by atoms with van der Waals surface area (Å²) < 4.78 is 0. The van der Waals surface area contributed by atoms with Gasteiger partial charge in [-0.15, -0.1) is 0 Å². The van der Waals surface area contributed by atoms with Crippen LogP contribution in [-0.4, -0.2) is 53.2 Å². The third kappa shape index (κ3) is 19.7. The van der Waals surface area contributed by atoms with Crippen LogP contribution in [0.3, 0.4) is 0 Å². The van der Waals surface area contributed by atoms with Gasteiger partial charge in [0, 0.05) is 23.9 Å². The number of rotatable bonds is 6. The monoisotopic (exact) mass is 428 g/mol. The molecule has 0 bridgehead atoms.